The first-order valence-electron chi connectivity index (χ1n) is 8.53. The number of anilines is 1. The number of amides is 1. The molecule has 0 spiro atoms. The Labute approximate surface area is 158 Å². The van der Waals surface area contributed by atoms with Gasteiger partial charge in [0.15, 0.2) is 6.10 Å². The summed E-state index contributed by atoms with van der Waals surface area (Å²) in [6, 6.07) is 16.6. The highest BCUT2D eigenvalue weighted by Gasteiger charge is 2.26. The van der Waals surface area contributed by atoms with Crippen LogP contribution < -0.4 is 9.64 Å². The smallest absolute Gasteiger partial charge is 0.263 e. The van der Waals surface area contributed by atoms with E-state index in [1.807, 2.05) is 29.2 Å². The molecule has 0 saturated carbocycles. The maximum Gasteiger partial charge on any atom is 0.263 e. The molecule has 1 fully saturated rings. The number of hydrogen-bond donors (Lipinski definition) is 0. The maximum atomic E-state index is 12.6. The Morgan fingerprint density at radius 2 is 1.85 bits per heavy atom. The van der Waals surface area contributed by atoms with Crippen LogP contribution >= 0.6 is 11.6 Å². The molecule has 2 aromatic rings. The average Bonchev–Trinajstić information content (AvgIpc) is 2.68. The number of hydrogen-bond acceptors (Lipinski definition) is 4. The molecule has 134 valence electrons. The van der Waals surface area contributed by atoms with Crippen LogP contribution in [-0.2, 0) is 4.79 Å². The number of halogens is 1. The summed E-state index contributed by atoms with van der Waals surface area (Å²) >= 11 is 6.06. The summed E-state index contributed by atoms with van der Waals surface area (Å²) in [4.78, 5) is 16.7. The molecule has 1 amide bonds. The predicted molar refractivity (Wildman–Crippen MR) is 101 cm³/mol. The van der Waals surface area contributed by atoms with E-state index in [0.717, 1.165) is 18.8 Å². The van der Waals surface area contributed by atoms with Crippen LogP contribution in [0.5, 0.6) is 5.75 Å². The Balaban J connectivity index is 1.54. The van der Waals surface area contributed by atoms with Gasteiger partial charge in [0.25, 0.3) is 5.91 Å². The Morgan fingerprint density at radius 3 is 2.46 bits per heavy atom. The van der Waals surface area contributed by atoms with Crippen molar-refractivity contribution in [1.29, 1.82) is 5.26 Å². The zero-order valence-corrected chi connectivity index (χ0v) is 15.3. The van der Waals surface area contributed by atoms with Gasteiger partial charge in [-0.3, -0.25) is 4.79 Å². The number of rotatable bonds is 4. The molecule has 1 aliphatic heterocycles. The van der Waals surface area contributed by atoms with E-state index in [9.17, 15) is 4.79 Å². The largest absolute Gasteiger partial charge is 0.481 e. The second-order valence-electron chi connectivity index (χ2n) is 6.19. The van der Waals surface area contributed by atoms with E-state index in [2.05, 4.69) is 11.0 Å². The third-order valence-electron chi connectivity index (χ3n) is 4.41. The van der Waals surface area contributed by atoms with Gasteiger partial charge >= 0.3 is 0 Å². The van der Waals surface area contributed by atoms with Crippen molar-refractivity contribution in [3.8, 4) is 11.8 Å². The lowest BCUT2D eigenvalue weighted by atomic mass is 10.2. The van der Waals surface area contributed by atoms with Crippen LogP contribution in [0.4, 0.5) is 5.69 Å². The van der Waals surface area contributed by atoms with Crippen LogP contribution in [0, 0.1) is 11.3 Å². The average molecular weight is 370 g/mol. The van der Waals surface area contributed by atoms with Gasteiger partial charge in [-0.05, 0) is 49.4 Å². The van der Waals surface area contributed by atoms with Gasteiger partial charge in [0, 0.05) is 36.9 Å². The Kier molecular flexibility index (Phi) is 5.65. The number of carbonyl (C=O) groups excluding carboxylic acids is 1. The minimum atomic E-state index is -0.569. The zero-order valence-electron chi connectivity index (χ0n) is 14.6. The topological polar surface area (TPSA) is 56.6 Å². The summed E-state index contributed by atoms with van der Waals surface area (Å²) in [5.41, 5.74) is 1.64. The third kappa shape index (κ3) is 4.27. The Bertz CT molecular complexity index is 809. The standard InChI is InChI=1S/C20H20ClN3O2/c1-15(26-19-7-5-16(14-22)6-8-19)20(25)24-11-9-23(10-12-24)18-4-2-3-17(21)13-18/h2-8,13,15H,9-12H2,1H3. The molecule has 2 aromatic carbocycles. The fourth-order valence-electron chi connectivity index (χ4n) is 2.98. The van der Waals surface area contributed by atoms with Crippen molar-refractivity contribution in [1.82, 2.24) is 4.90 Å². The van der Waals surface area contributed by atoms with Crippen molar-refractivity contribution in [2.75, 3.05) is 31.1 Å². The first kappa shape index (κ1) is 18.1. The van der Waals surface area contributed by atoms with Crippen molar-refractivity contribution in [3.05, 3.63) is 59.1 Å². The highest BCUT2D eigenvalue weighted by Crippen LogP contribution is 2.21. The SMILES string of the molecule is CC(Oc1ccc(C#N)cc1)C(=O)N1CCN(c2cccc(Cl)c2)CC1. The van der Waals surface area contributed by atoms with Gasteiger partial charge in [-0.25, -0.2) is 0 Å². The number of nitrogens with zero attached hydrogens (tertiary/aromatic N) is 3. The lowest BCUT2D eigenvalue weighted by Gasteiger charge is -2.37. The highest BCUT2D eigenvalue weighted by molar-refractivity contribution is 6.30. The van der Waals surface area contributed by atoms with Crippen molar-refractivity contribution < 1.29 is 9.53 Å². The molecule has 0 N–H and O–H groups in total. The van der Waals surface area contributed by atoms with Crippen LogP contribution in [0.1, 0.15) is 12.5 Å². The number of piperazine rings is 1. The minimum absolute atomic E-state index is 0.0277. The van der Waals surface area contributed by atoms with Crippen molar-refractivity contribution in [2.24, 2.45) is 0 Å². The molecule has 1 heterocycles. The van der Waals surface area contributed by atoms with E-state index in [1.54, 1.807) is 31.2 Å². The normalized spacial score (nSPS) is 15.3. The fraction of sp³-hybridized carbons (Fsp3) is 0.300. The van der Waals surface area contributed by atoms with Gasteiger partial charge in [0.05, 0.1) is 11.6 Å². The third-order valence-corrected chi connectivity index (χ3v) is 4.64. The molecule has 0 radical (unpaired) electrons. The monoisotopic (exact) mass is 369 g/mol. The van der Waals surface area contributed by atoms with Gasteiger partial charge in [0.1, 0.15) is 5.75 Å². The molecule has 6 heteroatoms. The molecule has 1 saturated heterocycles. The number of nitriles is 1. The van der Waals surface area contributed by atoms with Crippen molar-refractivity contribution >= 4 is 23.2 Å². The van der Waals surface area contributed by atoms with Crippen LogP contribution in [0.25, 0.3) is 0 Å². The summed E-state index contributed by atoms with van der Waals surface area (Å²) in [5, 5.41) is 9.54. The van der Waals surface area contributed by atoms with Gasteiger partial charge in [-0.2, -0.15) is 5.26 Å². The number of ether oxygens (including phenoxy) is 1. The zero-order chi connectivity index (χ0) is 18.5. The molecule has 1 unspecified atom stereocenters. The molecule has 3 rings (SSSR count). The molecule has 5 nitrogen and oxygen atoms in total. The van der Waals surface area contributed by atoms with Gasteiger partial charge in [-0.1, -0.05) is 17.7 Å². The first-order chi connectivity index (χ1) is 12.6. The second-order valence-corrected chi connectivity index (χ2v) is 6.62. The molecule has 26 heavy (non-hydrogen) atoms. The van der Waals surface area contributed by atoms with E-state index in [1.165, 1.54) is 0 Å². The van der Waals surface area contributed by atoms with E-state index >= 15 is 0 Å². The molecule has 1 atom stereocenters. The minimum Gasteiger partial charge on any atom is -0.481 e. The lowest BCUT2D eigenvalue weighted by Crippen LogP contribution is -2.52. The Morgan fingerprint density at radius 1 is 1.15 bits per heavy atom. The number of benzene rings is 2. The van der Waals surface area contributed by atoms with Crippen LogP contribution in [0.3, 0.4) is 0 Å². The van der Waals surface area contributed by atoms with Crippen LogP contribution in [0.2, 0.25) is 5.02 Å². The fourth-order valence-corrected chi connectivity index (χ4v) is 3.16. The molecule has 1 aliphatic rings. The van der Waals surface area contributed by atoms with Crippen LogP contribution in [0.15, 0.2) is 48.5 Å². The van der Waals surface area contributed by atoms with E-state index in [0.29, 0.717) is 29.4 Å². The maximum absolute atomic E-state index is 12.6. The van der Waals surface area contributed by atoms with Gasteiger partial charge in [0.2, 0.25) is 0 Å². The molecule has 0 aliphatic carbocycles. The number of carbonyl (C=O) groups is 1. The van der Waals surface area contributed by atoms with Gasteiger partial charge < -0.3 is 14.5 Å². The summed E-state index contributed by atoms with van der Waals surface area (Å²) in [6.07, 6.45) is -0.569. The highest BCUT2D eigenvalue weighted by atomic mass is 35.5. The molecule has 0 aromatic heterocycles. The van der Waals surface area contributed by atoms with E-state index in [4.69, 9.17) is 21.6 Å². The summed E-state index contributed by atoms with van der Waals surface area (Å²) in [6.45, 7) is 4.56. The summed E-state index contributed by atoms with van der Waals surface area (Å²) < 4.78 is 5.72. The van der Waals surface area contributed by atoms with Crippen molar-refractivity contribution in [2.45, 2.75) is 13.0 Å². The lowest BCUT2D eigenvalue weighted by molar-refractivity contribution is -0.138. The van der Waals surface area contributed by atoms with E-state index in [-0.39, 0.29) is 5.91 Å². The quantitative estimate of drug-likeness (QED) is 0.829. The van der Waals surface area contributed by atoms with Crippen LogP contribution in [-0.4, -0.2) is 43.1 Å². The molecule has 0 bridgehead atoms. The summed E-state index contributed by atoms with van der Waals surface area (Å²) in [7, 11) is 0. The Hall–Kier alpha value is -2.71. The first-order valence-corrected chi connectivity index (χ1v) is 8.91. The van der Waals surface area contributed by atoms with Crippen molar-refractivity contribution in [3.63, 3.8) is 0 Å². The predicted octanol–water partition coefficient (Wildman–Crippen LogP) is 3.33. The summed E-state index contributed by atoms with van der Waals surface area (Å²) in [5.74, 6) is 0.558. The van der Waals surface area contributed by atoms with Gasteiger partial charge in [-0.15, -0.1) is 0 Å². The molecular weight excluding hydrogens is 350 g/mol. The second kappa shape index (κ2) is 8.11. The van der Waals surface area contributed by atoms with E-state index < -0.39 is 6.10 Å². The molecular formula is C20H20ClN3O2.